The van der Waals surface area contributed by atoms with E-state index in [0.29, 0.717) is 12.3 Å². The van der Waals surface area contributed by atoms with E-state index in [9.17, 15) is 9.59 Å². The fourth-order valence-electron chi connectivity index (χ4n) is 2.49. The molecule has 90 valence electrons. The maximum absolute atomic E-state index is 12.2. The fourth-order valence-corrected chi connectivity index (χ4v) is 2.49. The number of hydrogen-bond acceptors (Lipinski definition) is 2. The Bertz CT molecular complexity index is 321. The monoisotopic (exact) mass is 224 g/mol. The molecule has 1 unspecified atom stereocenters. The van der Waals surface area contributed by atoms with Crippen LogP contribution in [0.4, 0.5) is 0 Å². The highest BCUT2D eigenvalue weighted by atomic mass is 16.2. The van der Waals surface area contributed by atoms with Crippen molar-refractivity contribution in [2.45, 2.75) is 51.6 Å². The van der Waals surface area contributed by atoms with Gasteiger partial charge in [0.2, 0.25) is 11.8 Å². The van der Waals surface area contributed by atoms with Gasteiger partial charge in [-0.3, -0.25) is 9.59 Å². The summed E-state index contributed by atoms with van der Waals surface area (Å²) in [6.45, 7) is 6.30. The molecule has 2 rings (SSSR count). The zero-order valence-electron chi connectivity index (χ0n) is 10.2. The fraction of sp³-hybridized carbons (Fsp3) is 0.833. The predicted octanol–water partition coefficient (Wildman–Crippen LogP) is 0.912. The first-order valence-electron chi connectivity index (χ1n) is 6.07. The minimum atomic E-state index is -0.320. The van der Waals surface area contributed by atoms with Gasteiger partial charge >= 0.3 is 0 Å². The van der Waals surface area contributed by atoms with Crippen LogP contribution in [-0.2, 0) is 9.59 Å². The topological polar surface area (TPSA) is 49.4 Å². The second-order valence-corrected chi connectivity index (χ2v) is 5.38. The van der Waals surface area contributed by atoms with Gasteiger partial charge in [-0.25, -0.2) is 0 Å². The van der Waals surface area contributed by atoms with Crippen molar-refractivity contribution in [3.63, 3.8) is 0 Å². The van der Waals surface area contributed by atoms with Crippen LogP contribution in [0.3, 0.4) is 0 Å². The molecule has 1 aliphatic heterocycles. The van der Waals surface area contributed by atoms with E-state index in [1.54, 1.807) is 4.90 Å². The van der Waals surface area contributed by atoms with Crippen LogP contribution in [0, 0.1) is 5.92 Å². The standard InChI is InChI=1S/C12H20N2O2/c1-4-9-11(16)14(7-10(15)13-9)12(2,3)8-5-6-8/h8-9H,4-7H2,1-3H3,(H,13,15). The molecule has 1 heterocycles. The van der Waals surface area contributed by atoms with Gasteiger partial charge in [0.1, 0.15) is 12.6 Å². The van der Waals surface area contributed by atoms with Crippen LogP contribution in [0.1, 0.15) is 40.0 Å². The molecular weight excluding hydrogens is 204 g/mol. The van der Waals surface area contributed by atoms with E-state index in [2.05, 4.69) is 19.2 Å². The minimum absolute atomic E-state index is 0.0276. The quantitative estimate of drug-likeness (QED) is 0.774. The number of rotatable bonds is 3. The molecule has 2 aliphatic rings. The van der Waals surface area contributed by atoms with E-state index in [1.165, 1.54) is 12.8 Å². The van der Waals surface area contributed by atoms with Gasteiger partial charge in [-0.15, -0.1) is 0 Å². The van der Waals surface area contributed by atoms with Crippen molar-refractivity contribution in [3.05, 3.63) is 0 Å². The van der Waals surface area contributed by atoms with Crippen molar-refractivity contribution >= 4 is 11.8 Å². The summed E-state index contributed by atoms with van der Waals surface area (Å²) in [5.41, 5.74) is -0.164. The molecule has 4 nitrogen and oxygen atoms in total. The van der Waals surface area contributed by atoms with Crippen LogP contribution in [0.25, 0.3) is 0 Å². The van der Waals surface area contributed by atoms with Crippen molar-refractivity contribution in [1.82, 2.24) is 10.2 Å². The van der Waals surface area contributed by atoms with Gasteiger partial charge < -0.3 is 10.2 Å². The Hall–Kier alpha value is -1.06. The van der Waals surface area contributed by atoms with Crippen LogP contribution in [0.5, 0.6) is 0 Å². The molecule has 0 spiro atoms. The summed E-state index contributed by atoms with van der Waals surface area (Å²) in [7, 11) is 0. The molecule has 16 heavy (non-hydrogen) atoms. The van der Waals surface area contributed by atoms with Crippen molar-refractivity contribution in [1.29, 1.82) is 0 Å². The van der Waals surface area contributed by atoms with Gasteiger partial charge in [-0.05, 0) is 39.0 Å². The summed E-state index contributed by atoms with van der Waals surface area (Å²) in [6, 6.07) is -0.320. The lowest BCUT2D eigenvalue weighted by atomic mass is 9.93. The van der Waals surface area contributed by atoms with Crippen LogP contribution in [-0.4, -0.2) is 34.8 Å². The second kappa shape index (κ2) is 3.75. The first-order chi connectivity index (χ1) is 7.46. The summed E-state index contributed by atoms with van der Waals surface area (Å²) < 4.78 is 0. The Balaban J connectivity index is 2.18. The number of carbonyl (C=O) groups excluding carboxylic acids is 2. The van der Waals surface area contributed by atoms with Crippen LogP contribution >= 0.6 is 0 Å². The number of piperazine rings is 1. The normalized spacial score (nSPS) is 26.9. The van der Waals surface area contributed by atoms with E-state index in [4.69, 9.17) is 0 Å². The van der Waals surface area contributed by atoms with Gasteiger partial charge in [-0.1, -0.05) is 6.92 Å². The Morgan fingerprint density at radius 2 is 2.00 bits per heavy atom. The SMILES string of the molecule is CCC1NC(=O)CN(C(C)(C)C2CC2)C1=O. The molecule has 0 aromatic rings. The largest absolute Gasteiger partial charge is 0.343 e. The van der Waals surface area contributed by atoms with E-state index < -0.39 is 0 Å². The van der Waals surface area contributed by atoms with Gasteiger partial charge in [0.05, 0.1) is 0 Å². The molecule has 1 saturated carbocycles. The average Bonchev–Trinajstić information content (AvgIpc) is 3.04. The summed E-state index contributed by atoms with van der Waals surface area (Å²) in [4.78, 5) is 25.5. The Labute approximate surface area is 96.4 Å². The van der Waals surface area contributed by atoms with E-state index in [1.807, 2.05) is 6.92 Å². The van der Waals surface area contributed by atoms with Crippen molar-refractivity contribution in [2.24, 2.45) is 5.92 Å². The molecular formula is C12H20N2O2. The van der Waals surface area contributed by atoms with Crippen LogP contribution < -0.4 is 5.32 Å². The second-order valence-electron chi connectivity index (χ2n) is 5.38. The molecule has 0 aromatic heterocycles. The number of nitrogens with one attached hydrogen (secondary N) is 1. The van der Waals surface area contributed by atoms with Crippen LogP contribution in [0.2, 0.25) is 0 Å². The molecule has 1 atom stereocenters. The van der Waals surface area contributed by atoms with Crippen molar-refractivity contribution in [3.8, 4) is 0 Å². The molecule has 1 aliphatic carbocycles. The first kappa shape index (κ1) is 11.4. The summed E-state index contributed by atoms with van der Waals surface area (Å²) in [6.07, 6.45) is 3.02. The predicted molar refractivity (Wildman–Crippen MR) is 60.7 cm³/mol. The Kier molecular flexibility index (Phi) is 2.68. The zero-order valence-corrected chi connectivity index (χ0v) is 10.2. The maximum Gasteiger partial charge on any atom is 0.246 e. The molecule has 2 amide bonds. The highest BCUT2D eigenvalue weighted by molar-refractivity contribution is 5.95. The van der Waals surface area contributed by atoms with Gasteiger partial charge in [0, 0.05) is 5.54 Å². The molecule has 4 heteroatoms. The molecule has 1 saturated heterocycles. The average molecular weight is 224 g/mol. The summed E-state index contributed by atoms with van der Waals surface area (Å²) >= 11 is 0. The zero-order chi connectivity index (χ0) is 11.9. The number of carbonyl (C=O) groups is 2. The van der Waals surface area contributed by atoms with Gasteiger partial charge in [0.15, 0.2) is 0 Å². The first-order valence-corrected chi connectivity index (χ1v) is 6.07. The highest BCUT2D eigenvalue weighted by Crippen LogP contribution is 2.43. The van der Waals surface area contributed by atoms with E-state index >= 15 is 0 Å². The highest BCUT2D eigenvalue weighted by Gasteiger charge is 2.47. The van der Waals surface area contributed by atoms with Crippen molar-refractivity contribution < 1.29 is 9.59 Å². The maximum atomic E-state index is 12.2. The molecule has 2 fully saturated rings. The Morgan fingerprint density at radius 3 is 2.50 bits per heavy atom. The lowest BCUT2D eigenvalue weighted by molar-refractivity contribution is -0.150. The summed E-state index contributed by atoms with van der Waals surface area (Å²) in [5, 5.41) is 2.75. The third-order valence-corrected chi connectivity index (χ3v) is 3.88. The molecule has 0 radical (unpaired) electrons. The van der Waals surface area contributed by atoms with Crippen molar-refractivity contribution in [2.75, 3.05) is 6.54 Å². The number of amides is 2. The van der Waals surface area contributed by atoms with E-state index in [0.717, 1.165) is 0 Å². The van der Waals surface area contributed by atoms with Crippen LogP contribution in [0.15, 0.2) is 0 Å². The number of hydrogen-bond donors (Lipinski definition) is 1. The molecule has 0 bridgehead atoms. The third kappa shape index (κ3) is 1.81. The smallest absolute Gasteiger partial charge is 0.246 e. The molecule has 1 N–H and O–H groups in total. The lowest BCUT2D eigenvalue weighted by Gasteiger charge is -2.43. The Morgan fingerprint density at radius 1 is 1.38 bits per heavy atom. The minimum Gasteiger partial charge on any atom is -0.343 e. The van der Waals surface area contributed by atoms with Gasteiger partial charge in [0.25, 0.3) is 0 Å². The summed E-state index contributed by atoms with van der Waals surface area (Å²) in [5.74, 6) is 0.624. The van der Waals surface area contributed by atoms with Gasteiger partial charge in [-0.2, -0.15) is 0 Å². The third-order valence-electron chi connectivity index (χ3n) is 3.88. The van der Waals surface area contributed by atoms with E-state index in [-0.39, 0.29) is 29.9 Å². The lowest BCUT2D eigenvalue weighted by Crippen LogP contribution is -2.64. The number of nitrogens with zero attached hydrogens (tertiary/aromatic N) is 1. The molecule has 0 aromatic carbocycles.